The molecule has 1 saturated carbocycles. The van der Waals surface area contributed by atoms with Crippen molar-refractivity contribution in [1.82, 2.24) is 10.2 Å². The lowest BCUT2D eigenvalue weighted by molar-refractivity contribution is -0.143. The predicted molar refractivity (Wildman–Crippen MR) is 99.2 cm³/mol. The van der Waals surface area contributed by atoms with Gasteiger partial charge in [0.25, 0.3) is 0 Å². The molecule has 0 aromatic heterocycles. The molecule has 3 saturated heterocycles. The molecule has 4 fully saturated rings. The molecule has 2 bridgehead atoms. The van der Waals surface area contributed by atoms with E-state index >= 15 is 0 Å². The first kappa shape index (κ1) is 16.0. The fraction of sp³-hybridized carbons (Fsp3) is 0.409. The number of benzene rings is 2. The molecule has 3 aliphatic heterocycles. The highest BCUT2D eigenvalue weighted by atomic mass is 19.1. The van der Waals surface area contributed by atoms with Crippen molar-refractivity contribution in [2.75, 3.05) is 13.1 Å². The van der Waals surface area contributed by atoms with E-state index in [1.54, 1.807) is 12.1 Å². The van der Waals surface area contributed by atoms with Gasteiger partial charge in [0.05, 0.1) is 0 Å². The summed E-state index contributed by atoms with van der Waals surface area (Å²) in [5.41, 5.74) is 3.25. The minimum absolute atomic E-state index is 0.208. The van der Waals surface area contributed by atoms with Crippen LogP contribution in [0, 0.1) is 11.7 Å². The van der Waals surface area contributed by atoms with Gasteiger partial charge in [-0.25, -0.2) is 4.39 Å². The molecule has 0 spiro atoms. The van der Waals surface area contributed by atoms with E-state index in [-0.39, 0.29) is 11.7 Å². The number of amides is 1. The third-order valence-electron chi connectivity index (χ3n) is 6.35. The zero-order valence-corrected chi connectivity index (χ0v) is 14.7. The lowest BCUT2D eigenvalue weighted by Gasteiger charge is -2.55. The van der Waals surface area contributed by atoms with Crippen LogP contribution in [0.4, 0.5) is 4.39 Å². The first-order valence-corrected chi connectivity index (χ1v) is 9.60. The molecule has 2 aromatic carbocycles. The van der Waals surface area contributed by atoms with Crippen LogP contribution in [0.1, 0.15) is 30.7 Å². The van der Waals surface area contributed by atoms with Crippen LogP contribution in [0.25, 0.3) is 11.1 Å². The van der Waals surface area contributed by atoms with Crippen molar-refractivity contribution in [3.63, 3.8) is 0 Å². The molecule has 1 aliphatic carbocycles. The lowest BCUT2D eigenvalue weighted by Crippen LogP contribution is -2.72. The number of rotatable bonds is 3. The van der Waals surface area contributed by atoms with Crippen LogP contribution in [-0.2, 0) is 4.79 Å². The maximum atomic E-state index is 13.4. The third kappa shape index (κ3) is 2.64. The summed E-state index contributed by atoms with van der Waals surface area (Å²) < 4.78 is 13.4. The van der Waals surface area contributed by atoms with Crippen molar-refractivity contribution in [2.45, 2.75) is 37.3 Å². The monoisotopic (exact) mass is 350 g/mol. The maximum Gasteiger partial charge on any atom is 0.225 e. The van der Waals surface area contributed by atoms with Gasteiger partial charge in [-0.15, -0.1) is 0 Å². The summed E-state index contributed by atoms with van der Waals surface area (Å²) >= 11 is 0. The van der Waals surface area contributed by atoms with Gasteiger partial charge in [-0.2, -0.15) is 0 Å². The van der Waals surface area contributed by atoms with Gasteiger partial charge in [-0.3, -0.25) is 4.79 Å². The Bertz CT molecular complexity index is 818. The molecule has 1 unspecified atom stereocenters. The van der Waals surface area contributed by atoms with Crippen LogP contribution in [0.3, 0.4) is 0 Å². The Morgan fingerprint density at radius 3 is 2.35 bits per heavy atom. The van der Waals surface area contributed by atoms with E-state index in [2.05, 4.69) is 34.5 Å². The number of nitrogens with one attached hydrogen (secondary N) is 1. The second-order valence-corrected chi connectivity index (χ2v) is 7.91. The zero-order chi connectivity index (χ0) is 17.7. The highest BCUT2D eigenvalue weighted by Crippen LogP contribution is 2.39. The van der Waals surface area contributed by atoms with E-state index in [9.17, 15) is 9.18 Å². The molecule has 4 heteroatoms. The van der Waals surface area contributed by atoms with Crippen molar-refractivity contribution in [3.05, 3.63) is 59.9 Å². The minimum atomic E-state index is -0.208. The number of piperazine rings is 1. The topological polar surface area (TPSA) is 32.3 Å². The van der Waals surface area contributed by atoms with Crippen LogP contribution >= 0.6 is 0 Å². The average molecular weight is 350 g/mol. The van der Waals surface area contributed by atoms with Crippen molar-refractivity contribution in [2.24, 2.45) is 5.92 Å². The van der Waals surface area contributed by atoms with Gasteiger partial charge in [0.1, 0.15) is 5.82 Å². The quantitative estimate of drug-likeness (QED) is 0.918. The number of nitrogens with zero attached hydrogens (tertiary/aromatic N) is 1. The van der Waals surface area contributed by atoms with Crippen LogP contribution < -0.4 is 5.32 Å². The Hall–Kier alpha value is -2.20. The summed E-state index contributed by atoms with van der Waals surface area (Å²) in [6, 6.07) is 15.9. The van der Waals surface area contributed by atoms with Crippen LogP contribution in [-0.4, -0.2) is 36.0 Å². The van der Waals surface area contributed by atoms with Crippen molar-refractivity contribution >= 4 is 5.91 Å². The Labute approximate surface area is 153 Å². The van der Waals surface area contributed by atoms with Gasteiger partial charge < -0.3 is 10.2 Å². The van der Waals surface area contributed by atoms with Gasteiger partial charge in [0.15, 0.2) is 0 Å². The van der Waals surface area contributed by atoms with Crippen molar-refractivity contribution in [3.8, 4) is 11.1 Å². The molecule has 3 nitrogen and oxygen atoms in total. The Morgan fingerprint density at radius 1 is 1.00 bits per heavy atom. The molecule has 4 aliphatic rings. The molecular formula is C22H23FN2O. The summed E-state index contributed by atoms with van der Waals surface area (Å²) in [5, 5.41) is 3.60. The first-order valence-electron chi connectivity index (χ1n) is 9.60. The van der Waals surface area contributed by atoms with Crippen LogP contribution in [0.5, 0.6) is 0 Å². The second kappa shape index (κ2) is 6.20. The van der Waals surface area contributed by atoms with Gasteiger partial charge in [-0.05, 0) is 41.7 Å². The predicted octanol–water partition coefficient (Wildman–Crippen LogP) is 3.56. The van der Waals surface area contributed by atoms with Gasteiger partial charge in [0, 0.05) is 37.0 Å². The first-order chi connectivity index (χ1) is 12.7. The summed E-state index contributed by atoms with van der Waals surface area (Å²) in [4.78, 5) is 14.6. The lowest BCUT2D eigenvalue weighted by atomic mass is 9.73. The SMILES string of the molecule is O=C(C1CCC1)N1C[C@@H]2N[C@H](C1)C2c1ccc(-c2cccc(F)c2)cc1. The summed E-state index contributed by atoms with van der Waals surface area (Å²) in [6.07, 6.45) is 3.35. The molecule has 3 atom stereocenters. The molecule has 0 radical (unpaired) electrons. The molecule has 2 aromatic rings. The molecule has 1 amide bonds. The van der Waals surface area contributed by atoms with Gasteiger partial charge in [-0.1, -0.05) is 42.8 Å². The van der Waals surface area contributed by atoms with Crippen molar-refractivity contribution in [1.29, 1.82) is 0 Å². The van der Waals surface area contributed by atoms with E-state index in [1.807, 2.05) is 6.07 Å². The molecule has 26 heavy (non-hydrogen) atoms. The second-order valence-electron chi connectivity index (χ2n) is 7.91. The Kier molecular flexibility index (Phi) is 3.82. The highest BCUT2D eigenvalue weighted by molar-refractivity contribution is 5.80. The normalized spacial score (nSPS) is 27.6. The van der Waals surface area contributed by atoms with E-state index in [0.29, 0.717) is 23.9 Å². The van der Waals surface area contributed by atoms with E-state index < -0.39 is 0 Å². The molecule has 3 heterocycles. The standard InChI is InChI=1S/C22H23FN2O/c23-18-6-2-5-17(11-18)14-7-9-15(10-8-14)21-19-12-25(13-20(21)24-19)22(26)16-3-1-4-16/h2,5-11,16,19-21,24H,1,3-4,12-13H2/t19-,20+,21?. The number of halogens is 1. The summed E-state index contributed by atoms with van der Waals surface area (Å²) in [7, 11) is 0. The average Bonchev–Trinajstić information content (AvgIpc) is 2.61. The number of carbonyl (C=O) groups excluding carboxylic acids is 1. The number of carbonyl (C=O) groups is 1. The fourth-order valence-corrected chi connectivity index (χ4v) is 4.65. The van der Waals surface area contributed by atoms with Crippen LogP contribution in [0.15, 0.2) is 48.5 Å². The van der Waals surface area contributed by atoms with Crippen molar-refractivity contribution < 1.29 is 9.18 Å². The van der Waals surface area contributed by atoms with E-state index in [1.165, 1.54) is 18.1 Å². The van der Waals surface area contributed by atoms with Crippen LogP contribution in [0.2, 0.25) is 0 Å². The third-order valence-corrected chi connectivity index (χ3v) is 6.35. The fourth-order valence-electron chi connectivity index (χ4n) is 4.65. The largest absolute Gasteiger partial charge is 0.339 e. The van der Waals surface area contributed by atoms with Gasteiger partial charge >= 0.3 is 0 Å². The number of hydrogen-bond donors (Lipinski definition) is 1. The summed E-state index contributed by atoms with van der Waals surface area (Å²) in [5.74, 6) is 0.923. The van der Waals surface area contributed by atoms with Gasteiger partial charge in [0.2, 0.25) is 5.91 Å². The summed E-state index contributed by atoms with van der Waals surface area (Å²) in [6.45, 7) is 1.64. The highest BCUT2D eigenvalue weighted by Gasteiger charge is 2.48. The smallest absolute Gasteiger partial charge is 0.225 e. The van der Waals surface area contributed by atoms with E-state index in [0.717, 1.165) is 37.1 Å². The molecule has 6 rings (SSSR count). The molecule has 134 valence electrons. The number of fused-ring (bicyclic) bond motifs is 2. The zero-order valence-electron chi connectivity index (χ0n) is 14.7. The number of piperidine rings is 1. The molecule has 1 N–H and O–H groups in total. The maximum absolute atomic E-state index is 13.4. The molecular weight excluding hydrogens is 327 g/mol. The number of hydrogen-bond acceptors (Lipinski definition) is 2. The Balaban J connectivity index is 1.29. The minimum Gasteiger partial charge on any atom is -0.339 e. The Morgan fingerprint density at radius 2 is 1.73 bits per heavy atom. The van der Waals surface area contributed by atoms with E-state index in [4.69, 9.17) is 0 Å².